The van der Waals surface area contributed by atoms with Gasteiger partial charge < -0.3 is 25.3 Å². The minimum Gasteiger partial charge on any atom is -0.320 e. The number of carbonyl (C=O) groups excluding carboxylic acids is 4. The van der Waals surface area contributed by atoms with Gasteiger partial charge in [-0.15, -0.1) is 0 Å². The van der Waals surface area contributed by atoms with E-state index in [1.807, 2.05) is 7.05 Å². The maximum atomic E-state index is 12.8. The molecule has 292 valence electrons. The lowest BCUT2D eigenvalue weighted by atomic mass is 10.1. The Morgan fingerprint density at radius 1 is 0.764 bits per heavy atom. The van der Waals surface area contributed by atoms with Gasteiger partial charge >= 0.3 is 12.1 Å². The first-order valence-electron chi connectivity index (χ1n) is 17.6. The van der Waals surface area contributed by atoms with E-state index >= 15 is 0 Å². The molecule has 0 unspecified atom stereocenters. The van der Waals surface area contributed by atoms with Crippen molar-refractivity contribution in [1.29, 1.82) is 0 Å². The molecule has 5 heterocycles. The van der Waals surface area contributed by atoms with E-state index < -0.39 is 0 Å². The maximum Gasteiger partial charge on any atom is 0.322 e. The number of anilines is 2. The number of urea groups is 2. The summed E-state index contributed by atoms with van der Waals surface area (Å²) in [5, 5.41) is 25.4. The Morgan fingerprint density at radius 3 is 1.67 bits per heavy atom. The van der Waals surface area contributed by atoms with Gasteiger partial charge in [0, 0.05) is 111 Å². The van der Waals surface area contributed by atoms with Crippen molar-refractivity contribution in [1.82, 2.24) is 50.2 Å². The number of hydrazine groups is 1. The number of aromatic amines is 2. The highest BCUT2D eigenvalue weighted by Gasteiger charge is 2.33. The molecule has 3 aliphatic heterocycles. The zero-order valence-corrected chi connectivity index (χ0v) is 32.7. The predicted molar refractivity (Wildman–Crippen MR) is 207 cm³/mol. The van der Waals surface area contributed by atoms with E-state index in [0.717, 1.165) is 35.6 Å². The van der Waals surface area contributed by atoms with Gasteiger partial charge in [-0.05, 0) is 43.4 Å². The average molecular weight is 796 g/mol. The molecule has 2 aromatic carbocycles. The van der Waals surface area contributed by atoms with Crippen LogP contribution in [0.1, 0.15) is 43.5 Å². The van der Waals surface area contributed by atoms with Gasteiger partial charge in [0.1, 0.15) is 6.10 Å². The van der Waals surface area contributed by atoms with Crippen molar-refractivity contribution in [2.75, 3.05) is 72.1 Å². The molecule has 2 aromatic heterocycles. The quantitative estimate of drug-likeness (QED) is 0.200. The number of H-pyrrole nitrogens is 2. The number of halogens is 2. The fourth-order valence-electron chi connectivity index (χ4n) is 6.29. The van der Waals surface area contributed by atoms with Gasteiger partial charge in [0.15, 0.2) is 11.4 Å². The lowest BCUT2D eigenvalue weighted by Gasteiger charge is -2.37. The second-order valence-electron chi connectivity index (χ2n) is 13.7. The van der Waals surface area contributed by atoms with Gasteiger partial charge in [0.25, 0.3) is 11.8 Å². The molecule has 0 spiro atoms. The molecule has 7 rings (SSSR count). The molecule has 6 amide bonds. The molecule has 4 N–H and O–H groups in total. The van der Waals surface area contributed by atoms with Crippen LogP contribution in [0.15, 0.2) is 48.5 Å². The SMILES string of the molecule is CN(C)N(C)C(=O)c1n[nH]c2c1CN(C(=O)Nc1cccc(Cl)c1)CC2.CN1CC(ON(C)C(=O)c2n[nH]c3c2CN(C(=O)Nc2cccc(Cl)c2)CC3)C1. The number of nitrogens with zero attached hydrogens (tertiary/aromatic N) is 8. The van der Waals surface area contributed by atoms with Crippen molar-refractivity contribution >= 4 is 58.5 Å². The average Bonchev–Trinajstić information content (AvgIpc) is 3.77. The van der Waals surface area contributed by atoms with Crippen LogP contribution in [-0.2, 0) is 30.8 Å². The molecule has 55 heavy (non-hydrogen) atoms. The highest BCUT2D eigenvalue weighted by molar-refractivity contribution is 6.31. The summed E-state index contributed by atoms with van der Waals surface area (Å²) in [5.41, 5.74) is 5.13. The molecule has 1 saturated heterocycles. The van der Waals surface area contributed by atoms with Crippen LogP contribution in [0.25, 0.3) is 0 Å². The van der Waals surface area contributed by atoms with Crippen LogP contribution >= 0.6 is 23.2 Å². The number of nitrogens with one attached hydrogen (secondary N) is 4. The molecule has 0 saturated carbocycles. The highest BCUT2D eigenvalue weighted by Crippen LogP contribution is 2.25. The fraction of sp³-hybridized carbons (Fsp3) is 0.389. The van der Waals surface area contributed by atoms with Crippen molar-refractivity contribution in [3.63, 3.8) is 0 Å². The number of rotatable bonds is 7. The lowest BCUT2D eigenvalue weighted by molar-refractivity contribution is -0.186. The first kappa shape index (κ1) is 39.5. The van der Waals surface area contributed by atoms with Crippen LogP contribution < -0.4 is 10.6 Å². The Balaban J connectivity index is 0.000000188. The number of carbonyl (C=O) groups is 4. The van der Waals surface area contributed by atoms with E-state index in [1.165, 1.54) is 10.1 Å². The largest absolute Gasteiger partial charge is 0.322 e. The zero-order valence-electron chi connectivity index (χ0n) is 31.2. The van der Waals surface area contributed by atoms with Gasteiger partial charge in [-0.1, -0.05) is 35.3 Å². The van der Waals surface area contributed by atoms with E-state index in [-0.39, 0.29) is 35.7 Å². The lowest BCUT2D eigenvalue weighted by Crippen LogP contribution is -2.52. The number of fused-ring (bicyclic) bond motifs is 2. The maximum absolute atomic E-state index is 12.8. The predicted octanol–water partition coefficient (Wildman–Crippen LogP) is 4.17. The van der Waals surface area contributed by atoms with E-state index in [0.29, 0.717) is 66.1 Å². The normalized spacial score (nSPS) is 15.3. The van der Waals surface area contributed by atoms with Crippen LogP contribution in [0.3, 0.4) is 0 Å². The number of benzene rings is 2. The third kappa shape index (κ3) is 9.37. The standard InChI is InChI=1S/C19H23ClN6O3.C17H21ClN6O2/c1-24-9-14(10-24)29-25(2)18(27)17-15-11-26(7-6-16(15)22-23-17)19(28)21-13-5-3-4-12(20)8-13;1-22(2)23(3)16(25)15-13-10-24(8-7-14(13)20-21-15)17(26)19-12-6-4-5-11(18)9-12/h3-5,8,14H,6-7,9-11H2,1-2H3,(H,21,28)(H,22,23);4-6,9H,7-8,10H2,1-3H3,(H,19,26)(H,20,21). The number of likely N-dealkylation sites (N-methyl/N-ethyl adjacent to an activating group) is 1. The summed E-state index contributed by atoms with van der Waals surface area (Å²) in [6.45, 7) is 3.25. The number of hydrogen-bond acceptors (Lipinski definition) is 9. The third-order valence-corrected chi connectivity index (χ3v) is 9.99. The summed E-state index contributed by atoms with van der Waals surface area (Å²) in [6, 6.07) is 13.5. The fourth-order valence-corrected chi connectivity index (χ4v) is 6.67. The van der Waals surface area contributed by atoms with E-state index in [4.69, 9.17) is 28.0 Å². The van der Waals surface area contributed by atoms with Gasteiger partial charge in [-0.2, -0.15) is 10.2 Å². The molecule has 0 bridgehead atoms. The molecule has 19 heteroatoms. The van der Waals surface area contributed by atoms with E-state index in [9.17, 15) is 19.2 Å². The summed E-state index contributed by atoms with van der Waals surface area (Å²) >= 11 is 11.9. The van der Waals surface area contributed by atoms with Crippen LogP contribution in [0.4, 0.5) is 21.0 Å². The molecule has 0 radical (unpaired) electrons. The number of hydroxylamine groups is 2. The van der Waals surface area contributed by atoms with Crippen molar-refractivity contribution in [2.24, 2.45) is 0 Å². The first-order chi connectivity index (χ1) is 26.3. The van der Waals surface area contributed by atoms with Gasteiger partial charge in [0.2, 0.25) is 0 Å². The molecule has 3 aliphatic rings. The van der Waals surface area contributed by atoms with Crippen LogP contribution in [0, 0.1) is 0 Å². The molecule has 17 nitrogen and oxygen atoms in total. The van der Waals surface area contributed by atoms with Gasteiger partial charge in [-0.3, -0.25) is 29.6 Å². The minimum absolute atomic E-state index is 0.00342. The molecular formula is C36H44Cl2N12O5. The Morgan fingerprint density at radius 2 is 1.24 bits per heavy atom. The molecule has 0 atom stereocenters. The van der Waals surface area contributed by atoms with E-state index in [2.05, 4.69) is 35.9 Å². The number of hydrogen-bond donors (Lipinski definition) is 4. The molecule has 1 fully saturated rings. The summed E-state index contributed by atoms with van der Waals surface area (Å²) in [5.74, 6) is -0.543. The van der Waals surface area contributed by atoms with Crippen LogP contribution in [0.5, 0.6) is 0 Å². The monoisotopic (exact) mass is 794 g/mol. The van der Waals surface area contributed by atoms with Crippen molar-refractivity contribution in [3.8, 4) is 0 Å². The second-order valence-corrected chi connectivity index (χ2v) is 14.6. The number of amides is 6. The molecule has 4 aromatic rings. The topological polar surface area (TPSA) is 178 Å². The number of likely N-dealkylation sites (tertiary alicyclic amines) is 1. The first-order valence-corrected chi connectivity index (χ1v) is 18.4. The smallest absolute Gasteiger partial charge is 0.320 e. The summed E-state index contributed by atoms with van der Waals surface area (Å²) in [7, 11) is 8.82. The highest BCUT2D eigenvalue weighted by atomic mass is 35.5. The third-order valence-electron chi connectivity index (χ3n) is 9.52. The van der Waals surface area contributed by atoms with Crippen LogP contribution in [-0.4, -0.2) is 142 Å². The summed E-state index contributed by atoms with van der Waals surface area (Å²) in [4.78, 5) is 61.7. The Kier molecular flexibility index (Phi) is 12.3. The molecule has 0 aliphatic carbocycles. The number of aromatic nitrogens is 4. The summed E-state index contributed by atoms with van der Waals surface area (Å²) < 4.78 is 0. The van der Waals surface area contributed by atoms with E-state index in [1.54, 1.807) is 91.5 Å². The summed E-state index contributed by atoms with van der Waals surface area (Å²) in [6.07, 6.45) is 1.21. The second kappa shape index (κ2) is 17.1. The zero-order chi connectivity index (χ0) is 39.4. The van der Waals surface area contributed by atoms with Crippen LogP contribution in [0.2, 0.25) is 10.0 Å². The Bertz CT molecular complexity index is 2050. The van der Waals surface area contributed by atoms with Gasteiger partial charge in [-0.25, -0.2) is 19.7 Å². The van der Waals surface area contributed by atoms with Crippen molar-refractivity contribution in [3.05, 3.63) is 92.5 Å². The molecular weight excluding hydrogens is 751 g/mol. The van der Waals surface area contributed by atoms with Crippen molar-refractivity contribution in [2.45, 2.75) is 32.0 Å². The van der Waals surface area contributed by atoms with Gasteiger partial charge in [0.05, 0.1) is 13.1 Å². The Hall–Kier alpha value is -5.20. The minimum atomic E-state index is -0.325. The van der Waals surface area contributed by atoms with Crippen molar-refractivity contribution < 1.29 is 24.0 Å². The Labute approximate surface area is 328 Å².